The number of carbonyl (C=O) groups excluding carboxylic acids is 1. The Hall–Kier alpha value is -2.63. The summed E-state index contributed by atoms with van der Waals surface area (Å²) in [5.74, 6) is -0.914. The highest BCUT2D eigenvalue weighted by atomic mass is 16.2. The van der Waals surface area contributed by atoms with E-state index >= 15 is 0 Å². The second-order valence-electron chi connectivity index (χ2n) is 3.99. The highest BCUT2D eigenvalue weighted by molar-refractivity contribution is 6.37. The molecule has 6 heteroatoms. The number of aromatic amines is 1. The van der Waals surface area contributed by atoms with Gasteiger partial charge in [-0.25, -0.2) is 4.99 Å². The van der Waals surface area contributed by atoms with Crippen molar-refractivity contribution < 1.29 is 4.79 Å². The van der Waals surface area contributed by atoms with Crippen LogP contribution in [0.15, 0.2) is 35.5 Å². The van der Waals surface area contributed by atoms with Gasteiger partial charge in [0.15, 0.2) is 0 Å². The molecule has 2 aromatic rings. The van der Waals surface area contributed by atoms with E-state index in [1.807, 2.05) is 30.5 Å². The van der Waals surface area contributed by atoms with Crippen LogP contribution in [0.5, 0.6) is 0 Å². The van der Waals surface area contributed by atoms with Crippen LogP contribution in [0.3, 0.4) is 0 Å². The molecule has 5 N–H and O–H groups in total. The number of nitrogens with zero attached hydrogens (tertiary/aromatic N) is 1. The Morgan fingerprint density at radius 2 is 2.26 bits per heavy atom. The van der Waals surface area contributed by atoms with Crippen LogP contribution < -0.4 is 11.1 Å². The van der Waals surface area contributed by atoms with Gasteiger partial charge in [-0.2, -0.15) is 0 Å². The zero-order chi connectivity index (χ0) is 13.7. The molecule has 0 saturated carbocycles. The Bertz CT molecular complexity index is 629. The maximum atomic E-state index is 11.4. The van der Waals surface area contributed by atoms with Gasteiger partial charge in [-0.15, -0.1) is 0 Å². The number of benzene rings is 1. The van der Waals surface area contributed by atoms with Crippen molar-refractivity contribution in [3.05, 3.63) is 36.0 Å². The van der Waals surface area contributed by atoms with Gasteiger partial charge in [0.05, 0.1) is 6.34 Å². The molecule has 19 heavy (non-hydrogen) atoms. The molecule has 0 spiro atoms. The zero-order valence-corrected chi connectivity index (χ0v) is 10.3. The van der Waals surface area contributed by atoms with E-state index in [0.29, 0.717) is 13.0 Å². The highest BCUT2D eigenvalue weighted by Crippen LogP contribution is 2.17. The highest BCUT2D eigenvalue weighted by Gasteiger charge is 2.07. The molecule has 0 aliphatic carbocycles. The summed E-state index contributed by atoms with van der Waals surface area (Å²) >= 11 is 0. The number of hydrogen-bond donors (Lipinski definition) is 4. The third-order valence-electron chi connectivity index (χ3n) is 2.77. The summed E-state index contributed by atoms with van der Waals surface area (Å²) in [7, 11) is 0. The van der Waals surface area contributed by atoms with E-state index in [4.69, 9.17) is 11.1 Å². The summed E-state index contributed by atoms with van der Waals surface area (Å²) in [6.45, 7) is 0.448. The van der Waals surface area contributed by atoms with E-state index < -0.39 is 5.91 Å². The molecular formula is C13H15N5O. The largest absolute Gasteiger partial charge is 0.390 e. The van der Waals surface area contributed by atoms with Crippen LogP contribution in [0.4, 0.5) is 0 Å². The minimum Gasteiger partial charge on any atom is -0.390 e. The van der Waals surface area contributed by atoms with Gasteiger partial charge in [-0.05, 0) is 18.1 Å². The molecule has 0 atom stereocenters. The van der Waals surface area contributed by atoms with Crippen molar-refractivity contribution in [2.75, 3.05) is 6.54 Å². The molecule has 1 aromatic carbocycles. The van der Waals surface area contributed by atoms with E-state index in [2.05, 4.69) is 15.3 Å². The molecule has 1 heterocycles. The second kappa shape index (κ2) is 5.81. The normalized spacial score (nSPS) is 10.9. The van der Waals surface area contributed by atoms with Gasteiger partial charge >= 0.3 is 0 Å². The summed E-state index contributed by atoms with van der Waals surface area (Å²) in [4.78, 5) is 18.0. The Morgan fingerprint density at radius 3 is 3.05 bits per heavy atom. The molecule has 1 amide bonds. The van der Waals surface area contributed by atoms with Crippen molar-refractivity contribution in [3.8, 4) is 0 Å². The van der Waals surface area contributed by atoms with Crippen molar-refractivity contribution in [1.82, 2.24) is 10.3 Å². The fourth-order valence-corrected chi connectivity index (χ4v) is 1.87. The predicted molar refractivity (Wildman–Crippen MR) is 75.4 cm³/mol. The number of rotatable bonds is 3. The SMILES string of the molecule is N=C(/N=C\N)C(=O)NCCc1c[nH]c2ccccc12. The van der Waals surface area contributed by atoms with Crippen molar-refractivity contribution in [2.45, 2.75) is 6.42 Å². The van der Waals surface area contributed by atoms with Crippen molar-refractivity contribution in [2.24, 2.45) is 10.7 Å². The fraction of sp³-hybridized carbons (Fsp3) is 0.154. The lowest BCUT2D eigenvalue weighted by Gasteiger charge is -2.03. The van der Waals surface area contributed by atoms with Crippen molar-refractivity contribution in [3.63, 3.8) is 0 Å². The molecule has 0 aliphatic heterocycles. The molecule has 2 rings (SSSR count). The average Bonchev–Trinajstić information content (AvgIpc) is 2.82. The van der Waals surface area contributed by atoms with Crippen LogP contribution in [0.2, 0.25) is 0 Å². The molecule has 0 fully saturated rings. The lowest BCUT2D eigenvalue weighted by molar-refractivity contribution is -0.114. The zero-order valence-electron chi connectivity index (χ0n) is 10.3. The number of aromatic nitrogens is 1. The number of nitrogens with one attached hydrogen (secondary N) is 3. The van der Waals surface area contributed by atoms with Crippen LogP contribution in [0.1, 0.15) is 5.56 Å². The van der Waals surface area contributed by atoms with Gasteiger partial charge in [-0.3, -0.25) is 10.2 Å². The van der Waals surface area contributed by atoms with Crippen LogP contribution in [0, 0.1) is 5.41 Å². The topological polar surface area (TPSA) is 107 Å². The molecule has 98 valence electrons. The van der Waals surface area contributed by atoms with Gasteiger partial charge in [0, 0.05) is 23.6 Å². The number of fused-ring (bicyclic) bond motifs is 1. The molecule has 0 unspecified atom stereocenters. The third kappa shape index (κ3) is 2.98. The summed E-state index contributed by atoms with van der Waals surface area (Å²) in [6, 6.07) is 7.98. The third-order valence-corrected chi connectivity index (χ3v) is 2.77. The van der Waals surface area contributed by atoms with Gasteiger partial charge in [0.25, 0.3) is 5.91 Å². The maximum Gasteiger partial charge on any atom is 0.288 e. The molecule has 6 nitrogen and oxygen atoms in total. The number of hydrogen-bond acceptors (Lipinski definition) is 2. The smallest absolute Gasteiger partial charge is 0.288 e. The van der Waals surface area contributed by atoms with Gasteiger partial charge in [-0.1, -0.05) is 18.2 Å². The molecule has 1 aromatic heterocycles. The average molecular weight is 257 g/mol. The first-order valence-electron chi connectivity index (χ1n) is 5.88. The number of carbonyl (C=O) groups is 1. The van der Waals surface area contributed by atoms with E-state index in [9.17, 15) is 4.79 Å². The number of amidine groups is 1. The summed E-state index contributed by atoms with van der Waals surface area (Å²) in [5.41, 5.74) is 7.22. The predicted octanol–water partition coefficient (Wildman–Crippen LogP) is 0.791. The molecule has 0 radical (unpaired) electrons. The van der Waals surface area contributed by atoms with E-state index in [1.54, 1.807) is 0 Å². The Kier molecular flexibility index (Phi) is 3.92. The number of amides is 1. The van der Waals surface area contributed by atoms with Gasteiger partial charge in [0.2, 0.25) is 5.84 Å². The lowest BCUT2D eigenvalue weighted by Crippen LogP contribution is -2.31. The Morgan fingerprint density at radius 1 is 1.47 bits per heavy atom. The fourth-order valence-electron chi connectivity index (χ4n) is 1.87. The van der Waals surface area contributed by atoms with Crippen molar-refractivity contribution in [1.29, 1.82) is 5.41 Å². The second-order valence-corrected chi connectivity index (χ2v) is 3.99. The summed E-state index contributed by atoms with van der Waals surface area (Å²) in [5, 5.41) is 11.1. The first kappa shape index (κ1) is 12.8. The summed E-state index contributed by atoms with van der Waals surface area (Å²) in [6.07, 6.45) is 3.55. The van der Waals surface area contributed by atoms with E-state index in [-0.39, 0.29) is 5.84 Å². The number of H-pyrrole nitrogens is 1. The molecular weight excluding hydrogens is 242 g/mol. The van der Waals surface area contributed by atoms with Crippen LogP contribution in [-0.4, -0.2) is 29.6 Å². The monoisotopic (exact) mass is 257 g/mol. The minimum absolute atomic E-state index is 0.388. The first-order chi connectivity index (χ1) is 9.22. The minimum atomic E-state index is -0.526. The van der Waals surface area contributed by atoms with Crippen molar-refractivity contribution >= 4 is 29.0 Å². The Labute approximate surface area is 110 Å². The standard InChI is InChI=1S/C13H15N5O/c14-8-18-12(15)13(19)16-6-5-9-7-17-11-4-2-1-3-10(9)11/h1-4,7-8,17H,5-6H2,(H,16,19)(H3,14,15,18). The molecule has 0 saturated heterocycles. The van der Waals surface area contributed by atoms with Crippen LogP contribution in [-0.2, 0) is 11.2 Å². The quantitative estimate of drug-likeness (QED) is 0.482. The lowest BCUT2D eigenvalue weighted by atomic mass is 10.1. The number of para-hydroxylation sites is 1. The molecule has 0 bridgehead atoms. The number of nitrogens with two attached hydrogens (primary N) is 1. The molecule has 0 aliphatic rings. The Balaban J connectivity index is 1.93. The van der Waals surface area contributed by atoms with Crippen LogP contribution >= 0.6 is 0 Å². The van der Waals surface area contributed by atoms with Crippen LogP contribution in [0.25, 0.3) is 10.9 Å². The maximum absolute atomic E-state index is 11.4. The number of aliphatic imine (C=N–C) groups is 1. The van der Waals surface area contributed by atoms with E-state index in [1.165, 1.54) is 0 Å². The van der Waals surface area contributed by atoms with Gasteiger partial charge < -0.3 is 16.0 Å². The van der Waals surface area contributed by atoms with E-state index in [0.717, 1.165) is 22.8 Å². The summed E-state index contributed by atoms with van der Waals surface area (Å²) < 4.78 is 0. The first-order valence-corrected chi connectivity index (χ1v) is 5.88. The van der Waals surface area contributed by atoms with Gasteiger partial charge in [0.1, 0.15) is 0 Å².